The van der Waals surface area contributed by atoms with Crippen molar-refractivity contribution in [3.8, 4) is 11.5 Å². The normalized spacial score (nSPS) is 10.6. The molecule has 0 aliphatic carbocycles. The zero-order chi connectivity index (χ0) is 16.5. The van der Waals surface area contributed by atoms with Gasteiger partial charge in [0.25, 0.3) is 0 Å². The SMILES string of the molecule is CCOc1cccc(NCc2cccc(OCCC(C)C)c2)c1. The maximum absolute atomic E-state index is 5.81. The maximum atomic E-state index is 5.81. The van der Waals surface area contributed by atoms with Gasteiger partial charge < -0.3 is 14.8 Å². The predicted octanol–water partition coefficient (Wildman–Crippen LogP) is 5.12. The van der Waals surface area contributed by atoms with Crippen LogP contribution in [0.1, 0.15) is 32.8 Å². The molecule has 0 spiro atoms. The van der Waals surface area contributed by atoms with Crippen LogP contribution in [0.4, 0.5) is 5.69 Å². The van der Waals surface area contributed by atoms with Crippen LogP contribution in [0.15, 0.2) is 48.5 Å². The van der Waals surface area contributed by atoms with Gasteiger partial charge in [0.2, 0.25) is 0 Å². The molecule has 0 atom stereocenters. The lowest BCUT2D eigenvalue weighted by Crippen LogP contribution is -2.03. The van der Waals surface area contributed by atoms with Crippen molar-refractivity contribution in [3.05, 3.63) is 54.1 Å². The summed E-state index contributed by atoms with van der Waals surface area (Å²) in [5.41, 5.74) is 2.26. The third kappa shape index (κ3) is 6.23. The minimum Gasteiger partial charge on any atom is -0.494 e. The third-order valence-electron chi connectivity index (χ3n) is 3.50. The molecule has 23 heavy (non-hydrogen) atoms. The van der Waals surface area contributed by atoms with Crippen LogP contribution in [-0.2, 0) is 6.54 Å². The Labute approximate surface area is 139 Å². The van der Waals surface area contributed by atoms with Crippen molar-refractivity contribution >= 4 is 5.69 Å². The van der Waals surface area contributed by atoms with E-state index < -0.39 is 0 Å². The molecule has 1 N–H and O–H groups in total. The Morgan fingerprint density at radius 1 is 0.957 bits per heavy atom. The summed E-state index contributed by atoms with van der Waals surface area (Å²) in [6.07, 6.45) is 1.08. The zero-order valence-electron chi connectivity index (χ0n) is 14.3. The second-order valence-corrected chi connectivity index (χ2v) is 5.99. The summed E-state index contributed by atoms with van der Waals surface area (Å²) < 4.78 is 11.3. The number of hydrogen-bond acceptors (Lipinski definition) is 3. The highest BCUT2D eigenvalue weighted by molar-refractivity contribution is 5.48. The molecular weight excluding hydrogens is 286 g/mol. The Kier molecular flexibility index (Phi) is 6.79. The molecule has 0 aromatic heterocycles. The van der Waals surface area contributed by atoms with Crippen molar-refractivity contribution in [3.63, 3.8) is 0 Å². The second kappa shape index (κ2) is 9.09. The van der Waals surface area contributed by atoms with Crippen molar-refractivity contribution < 1.29 is 9.47 Å². The molecule has 3 heteroatoms. The van der Waals surface area contributed by atoms with Gasteiger partial charge in [-0.2, -0.15) is 0 Å². The van der Waals surface area contributed by atoms with Crippen LogP contribution in [0, 0.1) is 5.92 Å². The zero-order valence-corrected chi connectivity index (χ0v) is 14.3. The monoisotopic (exact) mass is 313 g/mol. The van der Waals surface area contributed by atoms with Gasteiger partial charge in [-0.05, 0) is 49.1 Å². The predicted molar refractivity (Wildman–Crippen MR) is 96.3 cm³/mol. The lowest BCUT2D eigenvalue weighted by Gasteiger charge is -2.11. The van der Waals surface area contributed by atoms with Gasteiger partial charge in [0.15, 0.2) is 0 Å². The fraction of sp³-hybridized carbons (Fsp3) is 0.400. The number of rotatable bonds is 9. The van der Waals surface area contributed by atoms with Crippen molar-refractivity contribution in [2.45, 2.75) is 33.7 Å². The maximum Gasteiger partial charge on any atom is 0.121 e. The van der Waals surface area contributed by atoms with E-state index in [0.29, 0.717) is 12.5 Å². The van der Waals surface area contributed by atoms with E-state index in [9.17, 15) is 0 Å². The molecule has 2 rings (SSSR count). The van der Waals surface area contributed by atoms with E-state index in [-0.39, 0.29) is 0 Å². The van der Waals surface area contributed by atoms with Gasteiger partial charge in [-0.1, -0.05) is 32.0 Å². The van der Waals surface area contributed by atoms with E-state index in [4.69, 9.17) is 9.47 Å². The molecular formula is C20H27NO2. The topological polar surface area (TPSA) is 30.5 Å². The molecule has 2 aromatic rings. The summed E-state index contributed by atoms with van der Waals surface area (Å²) in [6.45, 7) is 8.62. The van der Waals surface area contributed by atoms with E-state index in [2.05, 4.69) is 31.3 Å². The molecule has 0 saturated carbocycles. The standard InChI is InChI=1S/C20H27NO2/c1-4-22-20-10-6-8-18(14-20)21-15-17-7-5-9-19(13-17)23-12-11-16(2)3/h5-10,13-14,16,21H,4,11-12,15H2,1-3H3. The highest BCUT2D eigenvalue weighted by atomic mass is 16.5. The fourth-order valence-corrected chi connectivity index (χ4v) is 2.22. The van der Waals surface area contributed by atoms with Crippen LogP contribution in [0.25, 0.3) is 0 Å². The smallest absolute Gasteiger partial charge is 0.121 e. The minimum absolute atomic E-state index is 0.664. The van der Waals surface area contributed by atoms with Crippen molar-refractivity contribution in [1.29, 1.82) is 0 Å². The Morgan fingerprint density at radius 2 is 1.70 bits per heavy atom. The van der Waals surface area contributed by atoms with E-state index in [0.717, 1.165) is 36.8 Å². The third-order valence-corrected chi connectivity index (χ3v) is 3.50. The Morgan fingerprint density at radius 3 is 2.43 bits per heavy atom. The van der Waals surface area contributed by atoms with Crippen LogP contribution in [-0.4, -0.2) is 13.2 Å². The molecule has 0 fully saturated rings. The molecule has 0 aliphatic heterocycles. The Balaban J connectivity index is 1.89. The van der Waals surface area contributed by atoms with Crippen LogP contribution in [0.5, 0.6) is 11.5 Å². The van der Waals surface area contributed by atoms with Crippen molar-refractivity contribution in [2.75, 3.05) is 18.5 Å². The highest BCUT2D eigenvalue weighted by Crippen LogP contribution is 2.19. The number of benzene rings is 2. The van der Waals surface area contributed by atoms with Crippen LogP contribution >= 0.6 is 0 Å². The first-order valence-corrected chi connectivity index (χ1v) is 8.36. The molecule has 0 heterocycles. The lowest BCUT2D eigenvalue weighted by molar-refractivity contribution is 0.289. The molecule has 3 nitrogen and oxygen atoms in total. The lowest BCUT2D eigenvalue weighted by atomic mass is 10.1. The Hall–Kier alpha value is -2.16. The van der Waals surface area contributed by atoms with Gasteiger partial charge in [0.1, 0.15) is 11.5 Å². The number of anilines is 1. The summed E-state index contributed by atoms with van der Waals surface area (Å²) in [4.78, 5) is 0. The van der Waals surface area contributed by atoms with Crippen LogP contribution in [0.2, 0.25) is 0 Å². The molecule has 0 radical (unpaired) electrons. The average Bonchev–Trinajstić information content (AvgIpc) is 2.54. The first kappa shape index (κ1) is 17.2. The highest BCUT2D eigenvalue weighted by Gasteiger charge is 2.00. The summed E-state index contributed by atoms with van der Waals surface area (Å²) in [5, 5.41) is 3.43. The second-order valence-electron chi connectivity index (χ2n) is 5.99. The first-order valence-electron chi connectivity index (χ1n) is 8.36. The largest absolute Gasteiger partial charge is 0.494 e. The first-order chi connectivity index (χ1) is 11.2. The van der Waals surface area contributed by atoms with E-state index in [1.54, 1.807) is 0 Å². The molecule has 0 amide bonds. The fourth-order valence-electron chi connectivity index (χ4n) is 2.22. The van der Waals surface area contributed by atoms with E-state index in [1.165, 1.54) is 5.56 Å². The number of ether oxygens (including phenoxy) is 2. The Bertz CT molecular complexity index is 596. The van der Waals surface area contributed by atoms with Gasteiger partial charge in [0, 0.05) is 18.3 Å². The molecule has 124 valence electrons. The van der Waals surface area contributed by atoms with Crippen LogP contribution in [0.3, 0.4) is 0 Å². The van der Waals surface area contributed by atoms with Gasteiger partial charge >= 0.3 is 0 Å². The van der Waals surface area contributed by atoms with Gasteiger partial charge in [-0.25, -0.2) is 0 Å². The quantitative estimate of drug-likeness (QED) is 0.697. The molecule has 2 aromatic carbocycles. The van der Waals surface area contributed by atoms with Crippen LogP contribution < -0.4 is 14.8 Å². The van der Waals surface area contributed by atoms with Gasteiger partial charge in [-0.15, -0.1) is 0 Å². The molecule has 0 saturated heterocycles. The van der Waals surface area contributed by atoms with E-state index in [1.807, 2.05) is 43.3 Å². The molecule has 0 bridgehead atoms. The number of nitrogens with one attached hydrogen (secondary N) is 1. The summed E-state index contributed by atoms with van der Waals surface area (Å²) in [7, 11) is 0. The van der Waals surface area contributed by atoms with Crippen molar-refractivity contribution in [2.24, 2.45) is 5.92 Å². The molecule has 0 unspecified atom stereocenters. The minimum atomic E-state index is 0.664. The summed E-state index contributed by atoms with van der Waals surface area (Å²) in [5.74, 6) is 2.49. The van der Waals surface area contributed by atoms with E-state index >= 15 is 0 Å². The summed E-state index contributed by atoms with van der Waals surface area (Å²) >= 11 is 0. The molecule has 0 aliphatic rings. The van der Waals surface area contributed by atoms with Gasteiger partial charge in [0.05, 0.1) is 13.2 Å². The average molecular weight is 313 g/mol. The van der Waals surface area contributed by atoms with Gasteiger partial charge in [-0.3, -0.25) is 0 Å². The van der Waals surface area contributed by atoms with Crippen molar-refractivity contribution in [1.82, 2.24) is 0 Å². The summed E-state index contributed by atoms with van der Waals surface area (Å²) in [6, 6.07) is 16.3. The number of hydrogen-bond donors (Lipinski definition) is 1.